The third-order valence-electron chi connectivity index (χ3n) is 3.14. The molecule has 0 heterocycles. The average molecular weight is 296 g/mol. The maximum absolute atomic E-state index is 12.2. The molecule has 2 aromatic carbocycles. The molecule has 5 nitrogen and oxygen atoms in total. The zero-order valence-electron chi connectivity index (χ0n) is 12.4. The molecule has 0 spiro atoms. The van der Waals surface area contributed by atoms with Crippen LogP contribution in [0, 0.1) is 11.3 Å². The van der Waals surface area contributed by atoms with Crippen molar-refractivity contribution in [1.29, 1.82) is 5.26 Å². The minimum atomic E-state index is -0.226. The highest BCUT2D eigenvalue weighted by Gasteiger charge is 2.09. The summed E-state index contributed by atoms with van der Waals surface area (Å²) in [4.78, 5) is 12.2. The Labute approximate surface area is 129 Å². The average Bonchev–Trinajstić information content (AvgIpc) is 2.55. The lowest BCUT2D eigenvalue weighted by molar-refractivity contribution is 0.102. The molecule has 0 atom stereocenters. The third-order valence-corrected chi connectivity index (χ3v) is 3.14. The molecule has 0 radical (unpaired) electrons. The number of nitrogens with zero attached hydrogens (tertiary/aromatic N) is 1. The molecule has 0 aliphatic heterocycles. The van der Waals surface area contributed by atoms with Crippen LogP contribution in [-0.2, 0) is 6.42 Å². The highest BCUT2D eigenvalue weighted by molar-refractivity contribution is 6.04. The zero-order chi connectivity index (χ0) is 15.9. The van der Waals surface area contributed by atoms with Crippen LogP contribution in [0.3, 0.4) is 0 Å². The summed E-state index contributed by atoms with van der Waals surface area (Å²) in [7, 11) is 3.09. The van der Waals surface area contributed by atoms with Crippen LogP contribution in [0.2, 0.25) is 0 Å². The van der Waals surface area contributed by atoms with Gasteiger partial charge in [-0.2, -0.15) is 5.26 Å². The number of carbonyl (C=O) groups is 1. The Morgan fingerprint density at radius 1 is 1.09 bits per heavy atom. The summed E-state index contributed by atoms with van der Waals surface area (Å²) in [5.41, 5.74) is 2.02. The smallest absolute Gasteiger partial charge is 0.255 e. The van der Waals surface area contributed by atoms with E-state index in [-0.39, 0.29) is 5.91 Å². The highest BCUT2D eigenvalue weighted by atomic mass is 16.5. The number of nitrogens with one attached hydrogen (secondary N) is 1. The molecule has 1 amide bonds. The number of carbonyl (C=O) groups excluding carboxylic acids is 1. The molecule has 0 aliphatic carbocycles. The molecule has 1 N–H and O–H groups in total. The van der Waals surface area contributed by atoms with E-state index in [0.29, 0.717) is 29.2 Å². The number of hydrogen-bond acceptors (Lipinski definition) is 4. The summed E-state index contributed by atoms with van der Waals surface area (Å²) >= 11 is 0. The van der Waals surface area contributed by atoms with Crippen LogP contribution >= 0.6 is 0 Å². The minimum absolute atomic E-state index is 0.226. The normalized spacial score (nSPS) is 9.68. The summed E-state index contributed by atoms with van der Waals surface area (Å²) in [6.45, 7) is 0. The van der Waals surface area contributed by atoms with Gasteiger partial charge in [0.15, 0.2) is 11.5 Å². The molecule has 5 heteroatoms. The Morgan fingerprint density at radius 2 is 1.77 bits per heavy atom. The van der Waals surface area contributed by atoms with E-state index in [1.165, 1.54) is 7.11 Å². The van der Waals surface area contributed by atoms with E-state index >= 15 is 0 Å². The van der Waals surface area contributed by atoms with Gasteiger partial charge in [0.05, 0.1) is 26.7 Å². The van der Waals surface area contributed by atoms with Gasteiger partial charge in [-0.25, -0.2) is 0 Å². The van der Waals surface area contributed by atoms with Gasteiger partial charge in [0, 0.05) is 17.3 Å². The fourth-order valence-electron chi connectivity index (χ4n) is 1.98. The number of rotatable bonds is 5. The van der Waals surface area contributed by atoms with E-state index in [1.54, 1.807) is 49.6 Å². The molecule has 0 aromatic heterocycles. The van der Waals surface area contributed by atoms with Gasteiger partial charge < -0.3 is 14.8 Å². The lowest BCUT2D eigenvalue weighted by atomic mass is 10.1. The molecule has 0 saturated heterocycles. The van der Waals surface area contributed by atoms with Crippen LogP contribution in [0.15, 0.2) is 42.5 Å². The van der Waals surface area contributed by atoms with Gasteiger partial charge in [0.1, 0.15) is 0 Å². The molecular weight excluding hydrogens is 280 g/mol. The van der Waals surface area contributed by atoms with Crippen LogP contribution < -0.4 is 14.8 Å². The number of benzene rings is 2. The lowest BCUT2D eigenvalue weighted by Crippen LogP contribution is -2.12. The second-order valence-electron chi connectivity index (χ2n) is 4.56. The van der Waals surface area contributed by atoms with Crippen LogP contribution in [-0.4, -0.2) is 20.1 Å². The monoisotopic (exact) mass is 296 g/mol. The topological polar surface area (TPSA) is 71.3 Å². The standard InChI is InChI=1S/C17H16N2O3/c1-21-15-8-7-14(11-16(15)22-2)19-17(20)13-5-3-12(4-6-13)9-10-18/h3-8,11H,9H2,1-2H3,(H,19,20). The Morgan fingerprint density at radius 3 is 2.36 bits per heavy atom. The van der Waals surface area contributed by atoms with Gasteiger partial charge in [0.2, 0.25) is 0 Å². The Hall–Kier alpha value is -3.00. The van der Waals surface area contributed by atoms with Gasteiger partial charge in [-0.1, -0.05) is 12.1 Å². The Balaban J connectivity index is 2.13. The zero-order valence-corrected chi connectivity index (χ0v) is 12.4. The van der Waals surface area contributed by atoms with E-state index in [9.17, 15) is 4.79 Å². The van der Waals surface area contributed by atoms with Crippen molar-refractivity contribution < 1.29 is 14.3 Å². The maximum Gasteiger partial charge on any atom is 0.255 e. The van der Waals surface area contributed by atoms with Crippen molar-refractivity contribution in [1.82, 2.24) is 0 Å². The van der Waals surface area contributed by atoms with Crippen molar-refractivity contribution in [3.05, 3.63) is 53.6 Å². The molecule has 2 rings (SSSR count). The first-order valence-electron chi connectivity index (χ1n) is 6.67. The number of methoxy groups -OCH3 is 2. The number of anilines is 1. The lowest BCUT2D eigenvalue weighted by Gasteiger charge is -2.10. The molecule has 0 unspecified atom stereocenters. The summed E-state index contributed by atoms with van der Waals surface area (Å²) in [6, 6.07) is 14.2. The summed E-state index contributed by atoms with van der Waals surface area (Å²) in [6.07, 6.45) is 0.331. The second kappa shape index (κ2) is 7.14. The van der Waals surface area contributed by atoms with Gasteiger partial charge in [0.25, 0.3) is 5.91 Å². The fourth-order valence-corrected chi connectivity index (χ4v) is 1.98. The van der Waals surface area contributed by atoms with Gasteiger partial charge >= 0.3 is 0 Å². The van der Waals surface area contributed by atoms with Crippen LogP contribution in [0.4, 0.5) is 5.69 Å². The van der Waals surface area contributed by atoms with E-state index in [4.69, 9.17) is 14.7 Å². The van der Waals surface area contributed by atoms with Crippen molar-refractivity contribution in [2.75, 3.05) is 19.5 Å². The molecule has 2 aromatic rings. The van der Waals surface area contributed by atoms with Gasteiger partial charge in [-0.3, -0.25) is 4.79 Å². The van der Waals surface area contributed by atoms with Gasteiger partial charge in [-0.15, -0.1) is 0 Å². The molecule has 22 heavy (non-hydrogen) atoms. The third kappa shape index (κ3) is 3.55. The van der Waals surface area contributed by atoms with Crippen LogP contribution in [0.25, 0.3) is 0 Å². The van der Waals surface area contributed by atoms with Crippen LogP contribution in [0.1, 0.15) is 15.9 Å². The fraction of sp³-hybridized carbons (Fsp3) is 0.176. The summed E-state index contributed by atoms with van der Waals surface area (Å²) < 4.78 is 10.4. The minimum Gasteiger partial charge on any atom is -0.493 e. The number of hydrogen-bond donors (Lipinski definition) is 1. The predicted molar refractivity (Wildman–Crippen MR) is 83.3 cm³/mol. The first-order valence-corrected chi connectivity index (χ1v) is 6.67. The van der Waals surface area contributed by atoms with E-state index in [0.717, 1.165) is 5.56 Å². The predicted octanol–water partition coefficient (Wildman–Crippen LogP) is 3.02. The van der Waals surface area contributed by atoms with Crippen molar-refractivity contribution >= 4 is 11.6 Å². The van der Waals surface area contributed by atoms with Gasteiger partial charge in [-0.05, 0) is 29.8 Å². The first kappa shape index (κ1) is 15.4. The quantitative estimate of drug-likeness (QED) is 0.920. The van der Waals surface area contributed by atoms with E-state index < -0.39 is 0 Å². The Kier molecular flexibility index (Phi) is 4.99. The maximum atomic E-state index is 12.2. The van der Waals surface area contributed by atoms with Crippen molar-refractivity contribution in [2.24, 2.45) is 0 Å². The van der Waals surface area contributed by atoms with E-state index in [2.05, 4.69) is 11.4 Å². The largest absolute Gasteiger partial charge is 0.493 e. The summed E-state index contributed by atoms with van der Waals surface area (Å²) in [5, 5.41) is 11.4. The molecule has 0 aliphatic rings. The van der Waals surface area contributed by atoms with Crippen molar-refractivity contribution in [3.8, 4) is 17.6 Å². The van der Waals surface area contributed by atoms with Crippen molar-refractivity contribution in [2.45, 2.75) is 6.42 Å². The molecule has 0 fully saturated rings. The first-order chi connectivity index (χ1) is 10.7. The summed E-state index contributed by atoms with van der Waals surface area (Å²) in [5.74, 6) is 0.918. The number of nitriles is 1. The van der Waals surface area contributed by atoms with Crippen LogP contribution in [0.5, 0.6) is 11.5 Å². The highest BCUT2D eigenvalue weighted by Crippen LogP contribution is 2.29. The molecule has 0 saturated carbocycles. The molecule has 112 valence electrons. The Bertz CT molecular complexity index is 703. The number of ether oxygens (including phenoxy) is 2. The SMILES string of the molecule is COc1ccc(NC(=O)c2ccc(CC#N)cc2)cc1OC. The second-order valence-corrected chi connectivity index (χ2v) is 4.56. The molecule has 0 bridgehead atoms. The van der Waals surface area contributed by atoms with E-state index in [1.807, 2.05) is 0 Å². The number of amides is 1. The molecular formula is C17H16N2O3. The van der Waals surface area contributed by atoms with Crippen molar-refractivity contribution in [3.63, 3.8) is 0 Å².